The zero-order chi connectivity index (χ0) is 15.9. The maximum Gasteiger partial charge on any atom is 0.260 e. The van der Waals surface area contributed by atoms with Gasteiger partial charge in [-0.25, -0.2) is 4.98 Å². The summed E-state index contributed by atoms with van der Waals surface area (Å²) in [5.41, 5.74) is 1.59. The molecule has 0 saturated heterocycles. The first-order chi connectivity index (χ1) is 10.7. The minimum absolute atomic E-state index is 0.0613. The third-order valence-corrected chi connectivity index (χ3v) is 3.81. The number of ether oxygens (including phenoxy) is 1. The summed E-state index contributed by atoms with van der Waals surface area (Å²) in [6.45, 7) is 4.27. The molecule has 1 N–H and O–H groups in total. The van der Waals surface area contributed by atoms with Gasteiger partial charge in [0.1, 0.15) is 0 Å². The molecule has 0 aliphatic carbocycles. The molecule has 2 rings (SSSR count). The maximum absolute atomic E-state index is 10.3. The summed E-state index contributed by atoms with van der Waals surface area (Å²) in [5, 5.41) is 10.3. The van der Waals surface area contributed by atoms with Crippen LogP contribution in [0.4, 0.5) is 0 Å². The molecule has 1 aromatic carbocycles. The van der Waals surface area contributed by atoms with Crippen LogP contribution in [0.25, 0.3) is 11.4 Å². The van der Waals surface area contributed by atoms with E-state index in [4.69, 9.17) is 4.74 Å². The van der Waals surface area contributed by atoms with Crippen molar-refractivity contribution < 1.29 is 9.84 Å². The quantitative estimate of drug-likeness (QED) is 0.763. The van der Waals surface area contributed by atoms with E-state index in [2.05, 4.69) is 23.8 Å². The van der Waals surface area contributed by atoms with E-state index in [0.29, 0.717) is 11.5 Å². The van der Waals surface area contributed by atoms with Gasteiger partial charge in [0.15, 0.2) is 5.82 Å². The van der Waals surface area contributed by atoms with Crippen molar-refractivity contribution in [2.45, 2.75) is 45.4 Å². The number of nitrogens with zero attached hydrogens (tertiary/aromatic N) is 2. The van der Waals surface area contributed by atoms with Gasteiger partial charge in [0.2, 0.25) is 5.75 Å². The Morgan fingerprint density at radius 2 is 1.86 bits per heavy atom. The first-order valence-electron chi connectivity index (χ1n) is 7.87. The van der Waals surface area contributed by atoms with Gasteiger partial charge in [-0.1, -0.05) is 63.4 Å². The first-order valence-corrected chi connectivity index (χ1v) is 7.87. The maximum atomic E-state index is 10.3. The second-order valence-corrected chi connectivity index (χ2v) is 5.55. The van der Waals surface area contributed by atoms with E-state index in [1.165, 1.54) is 20.0 Å². The molecule has 0 saturated carbocycles. The molecule has 4 nitrogen and oxygen atoms in total. The number of rotatable bonds is 7. The van der Waals surface area contributed by atoms with Crippen LogP contribution in [0.1, 0.15) is 51.1 Å². The van der Waals surface area contributed by atoms with Crippen molar-refractivity contribution in [3.63, 3.8) is 0 Å². The fraction of sp³-hybridized carbons (Fsp3) is 0.444. The molecule has 0 fully saturated rings. The Hall–Kier alpha value is -2.10. The zero-order valence-electron chi connectivity index (χ0n) is 13.5. The molecule has 0 bridgehead atoms. The van der Waals surface area contributed by atoms with E-state index >= 15 is 0 Å². The molecule has 2 aromatic rings. The monoisotopic (exact) mass is 300 g/mol. The third kappa shape index (κ3) is 3.75. The Balaban J connectivity index is 2.36. The Labute approximate surface area is 132 Å². The highest BCUT2D eigenvalue weighted by Crippen LogP contribution is 2.35. The lowest BCUT2D eigenvalue weighted by molar-refractivity contribution is 0.350. The third-order valence-electron chi connectivity index (χ3n) is 3.81. The molecular weight excluding hydrogens is 276 g/mol. The van der Waals surface area contributed by atoms with Crippen molar-refractivity contribution in [3.8, 4) is 23.0 Å². The Morgan fingerprint density at radius 1 is 1.14 bits per heavy atom. The minimum atomic E-state index is 0.0613. The van der Waals surface area contributed by atoms with Crippen LogP contribution in [0.3, 0.4) is 0 Å². The van der Waals surface area contributed by atoms with Gasteiger partial charge in [-0.2, -0.15) is 4.98 Å². The van der Waals surface area contributed by atoms with Gasteiger partial charge >= 0.3 is 0 Å². The van der Waals surface area contributed by atoms with Crippen LogP contribution in [-0.4, -0.2) is 22.2 Å². The Kier molecular flexibility index (Phi) is 5.75. The fourth-order valence-electron chi connectivity index (χ4n) is 2.49. The van der Waals surface area contributed by atoms with Crippen molar-refractivity contribution in [1.29, 1.82) is 0 Å². The van der Waals surface area contributed by atoms with E-state index in [-0.39, 0.29) is 17.5 Å². The molecule has 1 aromatic heterocycles. The second kappa shape index (κ2) is 7.78. The predicted molar refractivity (Wildman–Crippen MR) is 88.2 cm³/mol. The number of aromatic nitrogens is 2. The van der Waals surface area contributed by atoms with Crippen LogP contribution in [0.2, 0.25) is 0 Å². The lowest BCUT2D eigenvalue weighted by atomic mass is 9.98. The molecule has 0 amide bonds. The molecule has 1 atom stereocenters. The highest BCUT2D eigenvalue weighted by atomic mass is 16.5. The largest absolute Gasteiger partial charge is 0.502 e. The van der Waals surface area contributed by atoms with Gasteiger partial charge in [-0.3, -0.25) is 0 Å². The molecule has 0 radical (unpaired) electrons. The van der Waals surface area contributed by atoms with Crippen molar-refractivity contribution in [1.82, 2.24) is 9.97 Å². The summed E-state index contributed by atoms with van der Waals surface area (Å²) < 4.78 is 5.22. The SMILES string of the molecule is CCCCCC(C)c1nc(-c2ccccc2)nc(OC)c1O. The summed E-state index contributed by atoms with van der Waals surface area (Å²) in [4.78, 5) is 8.91. The number of benzene rings is 1. The fourth-order valence-corrected chi connectivity index (χ4v) is 2.49. The van der Waals surface area contributed by atoms with E-state index in [0.717, 1.165) is 18.4 Å². The van der Waals surface area contributed by atoms with Crippen LogP contribution in [0.15, 0.2) is 30.3 Å². The molecule has 1 heterocycles. The molecule has 4 heteroatoms. The molecule has 118 valence electrons. The van der Waals surface area contributed by atoms with E-state index in [1.807, 2.05) is 30.3 Å². The molecule has 0 aliphatic rings. The Morgan fingerprint density at radius 3 is 2.50 bits per heavy atom. The smallest absolute Gasteiger partial charge is 0.260 e. The molecular formula is C18H24N2O2. The highest BCUT2D eigenvalue weighted by Gasteiger charge is 2.19. The van der Waals surface area contributed by atoms with Crippen LogP contribution in [-0.2, 0) is 0 Å². The molecule has 22 heavy (non-hydrogen) atoms. The van der Waals surface area contributed by atoms with Crippen molar-refractivity contribution in [2.24, 2.45) is 0 Å². The lowest BCUT2D eigenvalue weighted by Crippen LogP contribution is -2.04. The van der Waals surface area contributed by atoms with Crippen LogP contribution in [0, 0.1) is 0 Å². The van der Waals surface area contributed by atoms with Gasteiger partial charge in [-0.05, 0) is 6.42 Å². The standard InChI is InChI=1S/C18H24N2O2/c1-4-5-7-10-13(2)15-16(21)18(22-3)20-17(19-15)14-11-8-6-9-12-14/h6,8-9,11-13,21H,4-5,7,10H2,1-3H3. The summed E-state index contributed by atoms with van der Waals surface area (Å²) in [6, 6.07) is 9.76. The van der Waals surface area contributed by atoms with Crippen LogP contribution >= 0.6 is 0 Å². The van der Waals surface area contributed by atoms with Crippen molar-refractivity contribution in [3.05, 3.63) is 36.0 Å². The Bertz CT molecular complexity index is 600. The topological polar surface area (TPSA) is 55.2 Å². The average molecular weight is 300 g/mol. The summed E-state index contributed by atoms with van der Waals surface area (Å²) >= 11 is 0. The number of aromatic hydroxyl groups is 1. The van der Waals surface area contributed by atoms with E-state index in [9.17, 15) is 5.11 Å². The normalized spacial score (nSPS) is 12.1. The molecule has 0 aliphatic heterocycles. The lowest BCUT2D eigenvalue weighted by Gasteiger charge is -2.15. The van der Waals surface area contributed by atoms with Crippen molar-refractivity contribution in [2.75, 3.05) is 7.11 Å². The van der Waals surface area contributed by atoms with Gasteiger partial charge in [0, 0.05) is 11.5 Å². The summed E-state index contributed by atoms with van der Waals surface area (Å²) in [7, 11) is 1.52. The second-order valence-electron chi connectivity index (χ2n) is 5.55. The van der Waals surface area contributed by atoms with Gasteiger partial charge in [0.05, 0.1) is 12.8 Å². The zero-order valence-corrected chi connectivity index (χ0v) is 13.5. The summed E-state index contributed by atoms with van der Waals surface area (Å²) in [6.07, 6.45) is 4.50. The van der Waals surface area contributed by atoms with Gasteiger partial charge in [0.25, 0.3) is 5.88 Å². The van der Waals surface area contributed by atoms with Gasteiger partial charge < -0.3 is 9.84 Å². The van der Waals surface area contributed by atoms with E-state index in [1.54, 1.807) is 0 Å². The summed E-state index contributed by atoms with van der Waals surface area (Å²) in [5.74, 6) is 1.07. The average Bonchev–Trinajstić information content (AvgIpc) is 2.56. The van der Waals surface area contributed by atoms with Crippen molar-refractivity contribution >= 4 is 0 Å². The highest BCUT2D eigenvalue weighted by molar-refractivity contribution is 5.57. The van der Waals surface area contributed by atoms with Crippen LogP contribution in [0.5, 0.6) is 11.6 Å². The number of hydrogen-bond donors (Lipinski definition) is 1. The van der Waals surface area contributed by atoms with Crippen LogP contribution < -0.4 is 4.74 Å². The van der Waals surface area contributed by atoms with E-state index < -0.39 is 0 Å². The number of methoxy groups -OCH3 is 1. The number of unbranched alkanes of at least 4 members (excludes halogenated alkanes) is 2. The molecule has 0 spiro atoms. The molecule has 1 unspecified atom stereocenters. The first kappa shape index (κ1) is 16.3. The predicted octanol–water partition coefficient (Wildman–Crippen LogP) is 4.54. The minimum Gasteiger partial charge on any atom is -0.502 e. The number of hydrogen-bond acceptors (Lipinski definition) is 4. The van der Waals surface area contributed by atoms with Gasteiger partial charge in [-0.15, -0.1) is 0 Å².